The van der Waals surface area contributed by atoms with Gasteiger partial charge in [0, 0.05) is 6.07 Å². The third kappa shape index (κ3) is 2.36. The Morgan fingerprint density at radius 2 is 2.00 bits per heavy atom. The third-order valence-corrected chi connectivity index (χ3v) is 1.95. The number of hydrogen-bond acceptors (Lipinski definition) is 2. The van der Waals surface area contributed by atoms with Crippen LogP contribution in [0, 0.1) is 17.5 Å². The molecule has 0 heterocycles. The standard InChI is InChI=1S/C10H9F3O2/c1-2-8(14)10(15)6-3-5(11)4-7(12)9(6)13/h3-4,8,14H,2H2,1H3. The molecule has 1 rings (SSSR count). The predicted octanol–water partition coefficient (Wildman–Crippen LogP) is 2.06. The van der Waals surface area contributed by atoms with Gasteiger partial charge in [0.1, 0.15) is 11.9 Å². The van der Waals surface area contributed by atoms with Crippen LogP contribution in [0.2, 0.25) is 0 Å². The van der Waals surface area contributed by atoms with E-state index in [9.17, 15) is 18.0 Å². The Balaban J connectivity index is 3.19. The molecule has 0 saturated heterocycles. The summed E-state index contributed by atoms with van der Waals surface area (Å²) in [6, 6.07) is 0.907. The number of ketones is 1. The van der Waals surface area contributed by atoms with Gasteiger partial charge in [-0.2, -0.15) is 0 Å². The lowest BCUT2D eigenvalue weighted by Gasteiger charge is -2.07. The first-order valence-corrected chi connectivity index (χ1v) is 4.34. The molecule has 0 fully saturated rings. The van der Waals surface area contributed by atoms with Crippen LogP contribution in [0.5, 0.6) is 0 Å². The lowest BCUT2D eigenvalue weighted by Crippen LogP contribution is -2.21. The topological polar surface area (TPSA) is 37.3 Å². The highest BCUT2D eigenvalue weighted by Gasteiger charge is 2.22. The molecular weight excluding hydrogens is 209 g/mol. The van der Waals surface area contributed by atoms with Gasteiger partial charge in [-0.1, -0.05) is 6.92 Å². The van der Waals surface area contributed by atoms with Gasteiger partial charge in [0.15, 0.2) is 17.4 Å². The summed E-state index contributed by atoms with van der Waals surface area (Å²) in [6.45, 7) is 1.50. The smallest absolute Gasteiger partial charge is 0.194 e. The summed E-state index contributed by atoms with van der Waals surface area (Å²) in [6.07, 6.45) is -1.39. The van der Waals surface area contributed by atoms with Crippen molar-refractivity contribution in [3.8, 4) is 0 Å². The average molecular weight is 218 g/mol. The van der Waals surface area contributed by atoms with E-state index in [1.807, 2.05) is 0 Å². The number of rotatable bonds is 3. The van der Waals surface area contributed by atoms with E-state index in [1.54, 1.807) is 0 Å². The van der Waals surface area contributed by atoms with Crippen molar-refractivity contribution >= 4 is 5.78 Å². The van der Waals surface area contributed by atoms with Crippen LogP contribution in [0.25, 0.3) is 0 Å². The molecule has 0 amide bonds. The second kappa shape index (κ2) is 4.44. The summed E-state index contributed by atoms with van der Waals surface area (Å²) in [7, 11) is 0. The number of halogens is 3. The van der Waals surface area contributed by atoms with Crippen LogP contribution in [-0.4, -0.2) is 17.0 Å². The summed E-state index contributed by atoms with van der Waals surface area (Å²) in [5.41, 5.74) is -0.762. The Morgan fingerprint density at radius 1 is 1.40 bits per heavy atom. The molecule has 1 N–H and O–H groups in total. The van der Waals surface area contributed by atoms with Crippen LogP contribution in [0.3, 0.4) is 0 Å². The van der Waals surface area contributed by atoms with Gasteiger partial charge in [-0.25, -0.2) is 13.2 Å². The number of carbonyl (C=O) groups is 1. The summed E-state index contributed by atoms with van der Waals surface area (Å²) in [4.78, 5) is 11.3. The third-order valence-electron chi connectivity index (χ3n) is 1.95. The number of hydrogen-bond donors (Lipinski definition) is 1. The molecule has 0 radical (unpaired) electrons. The quantitative estimate of drug-likeness (QED) is 0.622. The van der Waals surface area contributed by atoms with Crippen LogP contribution < -0.4 is 0 Å². The van der Waals surface area contributed by atoms with Crippen molar-refractivity contribution in [2.24, 2.45) is 0 Å². The van der Waals surface area contributed by atoms with E-state index < -0.39 is 34.9 Å². The number of Topliss-reactive ketones (excluding diaryl/α,β-unsaturated/α-hetero) is 1. The van der Waals surface area contributed by atoms with E-state index in [4.69, 9.17) is 5.11 Å². The van der Waals surface area contributed by atoms with Gasteiger partial charge in [0.05, 0.1) is 5.56 Å². The Bertz CT molecular complexity index is 390. The van der Waals surface area contributed by atoms with Crippen molar-refractivity contribution in [1.82, 2.24) is 0 Å². The molecule has 1 aromatic rings. The van der Waals surface area contributed by atoms with Gasteiger partial charge in [-0.15, -0.1) is 0 Å². The molecule has 0 spiro atoms. The van der Waals surface area contributed by atoms with Gasteiger partial charge >= 0.3 is 0 Å². The largest absolute Gasteiger partial charge is 0.385 e. The monoisotopic (exact) mass is 218 g/mol. The minimum atomic E-state index is -1.44. The van der Waals surface area contributed by atoms with Gasteiger partial charge in [-0.3, -0.25) is 4.79 Å². The van der Waals surface area contributed by atoms with E-state index in [0.717, 1.165) is 0 Å². The van der Waals surface area contributed by atoms with Crippen molar-refractivity contribution in [1.29, 1.82) is 0 Å². The molecule has 15 heavy (non-hydrogen) atoms. The Morgan fingerprint density at radius 3 is 2.53 bits per heavy atom. The number of benzene rings is 1. The van der Waals surface area contributed by atoms with Gasteiger partial charge in [0.2, 0.25) is 0 Å². The van der Waals surface area contributed by atoms with Crippen molar-refractivity contribution in [3.63, 3.8) is 0 Å². The van der Waals surface area contributed by atoms with E-state index in [0.29, 0.717) is 12.1 Å². The molecule has 0 aromatic heterocycles. The fourth-order valence-electron chi connectivity index (χ4n) is 1.10. The van der Waals surface area contributed by atoms with Gasteiger partial charge in [-0.05, 0) is 12.5 Å². The Labute approximate surface area is 84.3 Å². The first kappa shape index (κ1) is 11.7. The summed E-state index contributed by atoms with van der Waals surface area (Å²) >= 11 is 0. The van der Waals surface area contributed by atoms with Gasteiger partial charge in [0.25, 0.3) is 0 Å². The van der Waals surface area contributed by atoms with Crippen LogP contribution in [0.1, 0.15) is 23.7 Å². The van der Waals surface area contributed by atoms with Crippen molar-refractivity contribution in [2.45, 2.75) is 19.4 Å². The Kier molecular flexibility index (Phi) is 3.47. The van der Waals surface area contributed by atoms with Crippen LogP contribution >= 0.6 is 0 Å². The molecule has 1 atom stereocenters. The highest BCUT2D eigenvalue weighted by Crippen LogP contribution is 2.16. The van der Waals surface area contributed by atoms with E-state index >= 15 is 0 Å². The summed E-state index contributed by atoms with van der Waals surface area (Å²) < 4.78 is 38.5. The molecule has 2 nitrogen and oxygen atoms in total. The second-order valence-corrected chi connectivity index (χ2v) is 3.04. The van der Waals surface area contributed by atoms with Crippen molar-refractivity contribution in [2.75, 3.05) is 0 Å². The van der Waals surface area contributed by atoms with Crippen molar-refractivity contribution in [3.05, 3.63) is 35.1 Å². The number of aliphatic hydroxyl groups is 1. The maximum Gasteiger partial charge on any atom is 0.194 e. The fourth-order valence-corrected chi connectivity index (χ4v) is 1.10. The molecule has 0 aliphatic heterocycles. The highest BCUT2D eigenvalue weighted by atomic mass is 19.2. The predicted molar refractivity (Wildman–Crippen MR) is 46.9 cm³/mol. The first-order valence-electron chi connectivity index (χ1n) is 4.34. The average Bonchev–Trinajstić information content (AvgIpc) is 2.21. The normalized spacial score (nSPS) is 12.6. The first-order chi connectivity index (χ1) is 6.97. The van der Waals surface area contributed by atoms with E-state index in [-0.39, 0.29) is 6.42 Å². The van der Waals surface area contributed by atoms with Crippen LogP contribution in [-0.2, 0) is 0 Å². The molecule has 0 bridgehead atoms. The lowest BCUT2D eigenvalue weighted by atomic mass is 10.0. The zero-order chi connectivity index (χ0) is 11.6. The number of aliphatic hydroxyl groups excluding tert-OH is 1. The SMILES string of the molecule is CCC(O)C(=O)c1cc(F)cc(F)c1F. The molecule has 0 aliphatic carbocycles. The van der Waals surface area contributed by atoms with E-state index in [2.05, 4.69) is 0 Å². The molecule has 1 aromatic carbocycles. The Hall–Kier alpha value is -1.36. The van der Waals surface area contributed by atoms with Crippen LogP contribution in [0.15, 0.2) is 12.1 Å². The molecule has 82 valence electrons. The van der Waals surface area contributed by atoms with Crippen LogP contribution in [0.4, 0.5) is 13.2 Å². The molecule has 5 heteroatoms. The maximum atomic E-state index is 13.1. The number of carbonyl (C=O) groups excluding carboxylic acids is 1. The zero-order valence-electron chi connectivity index (χ0n) is 7.93. The molecule has 0 aliphatic rings. The minimum absolute atomic E-state index is 0.0520. The van der Waals surface area contributed by atoms with E-state index in [1.165, 1.54) is 6.92 Å². The minimum Gasteiger partial charge on any atom is -0.385 e. The lowest BCUT2D eigenvalue weighted by molar-refractivity contribution is 0.0734. The zero-order valence-corrected chi connectivity index (χ0v) is 7.93. The molecular formula is C10H9F3O2. The van der Waals surface area contributed by atoms with Crippen molar-refractivity contribution < 1.29 is 23.1 Å². The highest BCUT2D eigenvalue weighted by molar-refractivity contribution is 5.99. The van der Waals surface area contributed by atoms with Gasteiger partial charge < -0.3 is 5.11 Å². The fraction of sp³-hybridized carbons (Fsp3) is 0.300. The summed E-state index contributed by atoms with van der Waals surface area (Å²) in [5.74, 6) is -4.95. The molecule has 1 unspecified atom stereocenters. The molecule has 0 saturated carbocycles. The second-order valence-electron chi connectivity index (χ2n) is 3.04. The summed E-state index contributed by atoms with van der Waals surface area (Å²) in [5, 5.41) is 9.12. The maximum absolute atomic E-state index is 13.1.